The molecule has 0 radical (unpaired) electrons. The maximum absolute atomic E-state index is 13.6. The highest BCUT2D eigenvalue weighted by Gasteiger charge is 2.44. The maximum atomic E-state index is 13.6. The van der Waals surface area contributed by atoms with Gasteiger partial charge in [0.25, 0.3) is 5.91 Å². The largest absolute Gasteiger partial charge is 0.457 e. The highest BCUT2D eigenvalue weighted by molar-refractivity contribution is 6.14. The van der Waals surface area contributed by atoms with Gasteiger partial charge in [0, 0.05) is 25.7 Å². The number of nitrogens with zero attached hydrogens (tertiary/aromatic N) is 1. The first-order valence-corrected chi connectivity index (χ1v) is 13.5. The number of aryl methyl sites for hydroxylation is 2. The minimum atomic E-state index is -1.60. The van der Waals surface area contributed by atoms with Gasteiger partial charge in [-0.15, -0.1) is 0 Å². The number of methoxy groups -OCH3 is 1. The number of amides is 2. The molecule has 1 fully saturated rings. The number of hydrogen-bond donors (Lipinski definition) is 1. The Balaban J connectivity index is 1.52. The number of imide groups is 1. The highest BCUT2D eigenvalue weighted by Crippen LogP contribution is 2.32. The van der Waals surface area contributed by atoms with E-state index in [1.54, 1.807) is 30.3 Å². The molecule has 41 heavy (non-hydrogen) atoms. The number of furan rings is 1. The lowest BCUT2D eigenvalue weighted by Gasteiger charge is -2.23. The van der Waals surface area contributed by atoms with Crippen LogP contribution in [-0.2, 0) is 30.2 Å². The van der Waals surface area contributed by atoms with Crippen LogP contribution in [0.25, 0.3) is 11.1 Å². The van der Waals surface area contributed by atoms with Crippen LogP contribution < -0.4 is 0 Å². The zero-order valence-corrected chi connectivity index (χ0v) is 23.2. The zero-order valence-electron chi connectivity index (χ0n) is 23.2. The summed E-state index contributed by atoms with van der Waals surface area (Å²) in [6.07, 6.45) is -1.33. The first-order valence-electron chi connectivity index (χ1n) is 13.5. The lowest BCUT2D eigenvalue weighted by molar-refractivity contribution is -0.137. The number of aliphatic hydroxyl groups excluding tert-OH is 1. The van der Waals surface area contributed by atoms with E-state index in [4.69, 9.17) is 28.5 Å². The molecule has 1 N–H and O–H groups in total. The Morgan fingerprint density at radius 3 is 2.49 bits per heavy atom. The van der Waals surface area contributed by atoms with E-state index in [-0.39, 0.29) is 25.6 Å². The predicted octanol–water partition coefficient (Wildman–Crippen LogP) is 4.13. The second-order valence-electron chi connectivity index (χ2n) is 9.56. The van der Waals surface area contributed by atoms with Crippen LogP contribution in [0.3, 0.4) is 0 Å². The molecule has 1 aromatic heterocycles. The summed E-state index contributed by atoms with van der Waals surface area (Å²) in [4.78, 5) is 40.6. The van der Waals surface area contributed by atoms with Gasteiger partial charge in [-0.05, 0) is 30.5 Å². The van der Waals surface area contributed by atoms with Gasteiger partial charge >= 0.3 is 6.09 Å². The zero-order chi connectivity index (χ0) is 29.2. The van der Waals surface area contributed by atoms with Crippen LogP contribution in [0, 0.1) is 6.92 Å². The standard InChI is InChI=1S/C31H35NO9/c1-21-8-6-11-23(18-21)24-19-27(41-26(24)12-7-14-38-16-17-39-15-13-33)28(34)29(37-2)30(35)32-25(20-40-31(32)36)22-9-4-3-5-10-22/h3-6,8-11,18-19,25,29,33H,7,12-17,20H2,1-2H3/t25-,29+/m0/s1. The van der Waals surface area contributed by atoms with Crippen LogP contribution in [0.15, 0.2) is 65.1 Å². The number of Topliss-reactive ketones (excluding diaryl/α,β-unsaturated/α-hetero) is 1. The number of carbonyl (C=O) groups is 3. The number of carbonyl (C=O) groups excluding carboxylic acids is 3. The third-order valence-corrected chi connectivity index (χ3v) is 6.67. The summed E-state index contributed by atoms with van der Waals surface area (Å²) in [5.74, 6) is -0.981. The van der Waals surface area contributed by atoms with Gasteiger partial charge in [-0.1, -0.05) is 60.2 Å². The summed E-state index contributed by atoms with van der Waals surface area (Å²) in [6, 6.07) is 17.7. The second kappa shape index (κ2) is 14.7. The first-order chi connectivity index (χ1) is 19.9. The third-order valence-electron chi connectivity index (χ3n) is 6.67. The molecule has 10 nitrogen and oxygen atoms in total. The third kappa shape index (κ3) is 7.47. The van der Waals surface area contributed by atoms with Gasteiger partial charge in [0.15, 0.2) is 5.76 Å². The van der Waals surface area contributed by atoms with E-state index in [9.17, 15) is 14.4 Å². The number of benzene rings is 2. The minimum absolute atomic E-state index is 0.0166. The van der Waals surface area contributed by atoms with Crippen LogP contribution in [0.1, 0.15) is 39.9 Å². The molecule has 0 bridgehead atoms. The minimum Gasteiger partial charge on any atom is -0.457 e. The molecule has 1 aliphatic rings. The molecule has 1 aliphatic heterocycles. The average molecular weight is 566 g/mol. The van der Waals surface area contributed by atoms with E-state index in [2.05, 4.69) is 0 Å². The average Bonchev–Trinajstić information content (AvgIpc) is 3.59. The molecular weight excluding hydrogens is 530 g/mol. The molecule has 2 heterocycles. The monoisotopic (exact) mass is 565 g/mol. The highest BCUT2D eigenvalue weighted by atomic mass is 16.6. The van der Waals surface area contributed by atoms with Gasteiger partial charge in [0.2, 0.25) is 11.9 Å². The predicted molar refractivity (Wildman–Crippen MR) is 148 cm³/mol. The van der Waals surface area contributed by atoms with E-state index in [1.165, 1.54) is 7.11 Å². The summed E-state index contributed by atoms with van der Waals surface area (Å²) in [7, 11) is 1.24. The van der Waals surface area contributed by atoms with Crippen molar-refractivity contribution in [1.82, 2.24) is 4.90 Å². The quantitative estimate of drug-likeness (QED) is 0.164. The molecule has 0 unspecified atom stereocenters. The Morgan fingerprint density at radius 1 is 1.02 bits per heavy atom. The molecule has 10 heteroatoms. The molecule has 0 spiro atoms. The topological polar surface area (TPSA) is 125 Å². The van der Waals surface area contributed by atoms with Crippen LogP contribution in [-0.4, -0.2) is 80.6 Å². The number of cyclic esters (lactones) is 1. The normalized spacial score (nSPS) is 15.6. The fraction of sp³-hybridized carbons (Fsp3) is 0.387. The van der Waals surface area contributed by atoms with Crippen molar-refractivity contribution in [3.63, 3.8) is 0 Å². The molecule has 4 rings (SSSR count). The van der Waals surface area contributed by atoms with Crippen molar-refractivity contribution in [2.75, 3.05) is 46.8 Å². The van der Waals surface area contributed by atoms with Gasteiger partial charge < -0.3 is 28.5 Å². The Kier molecular flexibility index (Phi) is 10.8. The summed E-state index contributed by atoms with van der Waals surface area (Å²) in [6.45, 7) is 3.41. The van der Waals surface area contributed by atoms with Crippen LogP contribution in [0.5, 0.6) is 0 Å². The SMILES string of the molecule is CO[C@H](C(=O)c1cc(-c2cccc(C)c2)c(CCCOCCOCCO)o1)C(=O)N1C(=O)OC[C@H]1c1ccccc1. The second-order valence-corrected chi connectivity index (χ2v) is 9.56. The van der Waals surface area contributed by atoms with Crippen molar-refractivity contribution in [3.05, 3.63) is 83.3 Å². The maximum Gasteiger partial charge on any atom is 0.417 e. The molecule has 218 valence electrons. The van der Waals surface area contributed by atoms with Crippen molar-refractivity contribution >= 4 is 17.8 Å². The van der Waals surface area contributed by atoms with Gasteiger partial charge in [0.05, 0.1) is 26.4 Å². The lowest BCUT2D eigenvalue weighted by atomic mass is 10.0. The Labute approximate surface area is 238 Å². The fourth-order valence-corrected chi connectivity index (χ4v) is 4.68. The van der Waals surface area contributed by atoms with Crippen molar-refractivity contribution in [3.8, 4) is 11.1 Å². The Morgan fingerprint density at radius 2 is 1.78 bits per heavy atom. The van der Waals surface area contributed by atoms with Crippen LogP contribution >= 0.6 is 0 Å². The lowest BCUT2D eigenvalue weighted by Crippen LogP contribution is -2.45. The van der Waals surface area contributed by atoms with E-state index in [1.807, 2.05) is 37.3 Å². The van der Waals surface area contributed by atoms with Crippen molar-refractivity contribution < 1.29 is 42.9 Å². The first kappa shape index (κ1) is 30.1. The number of ketones is 1. The van der Waals surface area contributed by atoms with E-state index < -0.39 is 29.9 Å². The van der Waals surface area contributed by atoms with E-state index >= 15 is 0 Å². The van der Waals surface area contributed by atoms with Crippen LogP contribution in [0.2, 0.25) is 0 Å². The molecule has 0 aliphatic carbocycles. The molecule has 2 amide bonds. The smallest absolute Gasteiger partial charge is 0.417 e. The molecule has 0 saturated carbocycles. The molecule has 1 saturated heterocycles. The summed E-state index contributed by atoms with van der Waals surface area (Å²) >= 11 is 0. The number of rotatable bonds is 15. The van der Waals surface area contributed by atoms with Crippen molar-refractivity contribution in [2.45, 2.75) is 31.9 Å². The fourth-order valence-electron chi connectivity index (χ4n) is 4.68. The number of aliphatic hydroxyl groups is 1. The van der Waals surface area contributed by atoms with Gasteiger partial charge in [-0.2, -0.15) is 0 Å². The van der Waals surface area contributed by atoms with Gasteiger partial charge in [-0.3, -0.25) is 9.59 Å². The summed E-state index contributed by atoms with van der Waals surface area (Å²) < 4.78 is 27.3. The molecule has 2 atom stereocenters. The molecule has 2 aromatic carbocycles. The van der Waals surface area contributed by atoms with E-state index in [0.717, 1.165) is 21.6 Å². The van der Waals surface area contributed by atoms with E-state index in [0.29, 0.717) is 44.0 Å². The number of hydrogen-bond acceptors (Lipinski definition) is 9. The summed E-state index contributed by atoms with van der Waals surface area (Å²) in [5, 5.41) is 8.77. The Hall–Kier alpha value is -3.83. The molecule has 3 aromatic rings. The van der Waals surface area contributed by atoms with Gasteiger partial charge in [0.1, 0.15) is 18.4 Å². The Bertz CT molecular complexity index is 1320. The van der Waals surface area contributed by atoms with Gasteiger partial charge in [-0.25, -0.2) is 9.69 Å². The van der Waals surface area contributed by atoms with Crippen molar-refractivity contribution in [2.24, 2.45) is 0 Å². The molecular formula is C31H35NO9. The van der Waals surface area contributed by atoms with Crippen LogP contribution in [0.4, 0.5) is 4.79 Å². The number of ether oxygens (including phenoxy) is 4. The van der Waals surface area contributed by atoms with Crippen molar-refractivity contribution in [1.29, 1.82) is 0 Å². The summed E-state index contributed by atoms with van der Waals surface area (Å²) in [5.41, 5.74) is 3.35.